The molecular weight excluding hydrogens is 246 g/mol. The van der Waals surface area contributed by atoms with Gasteiger partial charge >= 0.3 is 0 Å². The van der Waals surface area contributed by atoms with E-state index in [1.807, 2.05) is 6.92 Å². The van der Waals surface area contributed by atoms with Crippen molar-refractivity contribution in [2.24, 2.45) is 0 Å². The van der Waals surface area contributed by atoms with Crippen molar-refractivity contribution < 1.29 is 0 Å². The largest absolute Gasteiger partial charge is 0.356 e. The number of hydrogen-bond acceptors (Lipinski definition) is 3. The fraction of sp³-hybridized carbons (Fsp3) is 0.571. The Morgan fingerprint density at radius 1 is 1.33 bits per heavy atom. The molecule has 0 spiro atoms. The quantitative estimate of drug-likeness (QED) is 0.767. The van der Waals surface area contributed by atoms with Crippen molar-refractivity contribution in [3.8, 4) is 6.07 Å². The molecule has 96 valence electrons. The molecule has 18 heavy (non-hydrogen) atoms. The molecule has 0 amide bonds. The number of pyridine rings is 1. The van der Waals surface area contributed by atoms with E-state index in [0.29, 0.717) is 10.7 Å². The lowest BCUT2D eigenvalue weighted by molar-refractivity contribution is 0.572. The predicted octanol–water partition coefficient (Wildman–Crippen LogP) is 3.47. The Bertz CT molecular complexity index is 485. The van der Waals surface area contributed by atoms with E-state index in [1.165, 1.54) is 19.3 Å². The molecule has 1 aliphatic rings. The number of hydrogen-bond donors (Lipinski definition) is 0. The smallest absolute Gasteiger partial charge is 0.149 e. The van der Waals surface area contributed by atoms with Crippen LogP contribution in [0.15, 0.2) is 0 Å². The Labute approximate surface area is 113 Å². The van der Waals surface area contributed by atoms with E-state index in [2.05, 4.69) is 22.9 Å². The molecule has 0 saturated carbocycles. The van der Waals surface area contributed by atoms with Gasteiger partial charge in [0.1, 0.15) is 17.0 Å². The first-order chi connectivity index (χ1) is 8.69. The number of nitriles is 1. The molecule has 1 saturated heterocycles. The van der Waals surface area contributed by atoms with Gasteiger partial charge in [0.15, 0.2) is 0 Å². The van der Waals surface area contributed by atoms with Crippen molar-refractivity contribution in [2.45, 2.75) is 39.5 Å². The third-order valence-electron chi connectivity index (χ3n) is 3.62. The van der Waals surface area contributed by atoms with E-state index in [9.17, 15) is 0 Å². The minimum Gasteiger partial charge on any atom is -0.356 e. The van der Waals surface area contributed by atoms with E-state index in [0.717, 1.165) is 36.5 Å². The van der Waals surface area contributed by atoms with Gasteiger partial charge in [0.2, 0.25) is 0 Å². The van der Waals surface area contributed by atoms with Crippen molar-refractivity contribution in [3.05, 3.63) is 21.8 Å². The second-order valence-corrected chi connectivity index (χ2v) is 5.08. The first kappa shape index (κ1) is 13.2. The van der Waals surface area contributed by atoms with Gasteiger partial charge in [-0.15, -0.1) is 0 Å². The number of aromatic nitrogens is 1. The SMILES string of the molecule is CCc1c(C)c(N2CCCCC2)nc(Cl)c1C#N. The van der Waals surface area contributed by atoms with Gasteiger partial charge in [0, 0.05) is 13.1 Å². The Hall–Kier alpha value is -1.27. The fourth-order valence-corrected chi connectivity index (χ4v) is 2.89. The standard InChI is InChI=1S/C14H18ClN3/c1-3-11-10(2)14(17-13(15)12(11)9-16)18-7-5-4-6-8-18/h3-8H2,1-2H3. The van der Waals surface area contributed by atoms with Gasteiger partial charge in [-0.3, -0.25) is 0 Å². The van der Waals surface area contributed by atoms with Crippen molar-refractivity contribution >= 4 is 17.4 Å². The average Bonchev–Trinajstić information content (AvgIpc) is 2.41. The van der Waals surface area contributed by atoms with E-state index in [4.69, 9.17) is 16.9 Å². The Morgan fingerprint density at radius 3 is 2.56 bits per heavy atom. The number of piperidine rings is 1. The summed E-state index contributed by atoms with van der Waals surface area (Å²) in [5.74, 6) is 0.968. The fourth-order valence-electron chi connectivity index (χ4n) is 2.65. The highest BCUT2D eigenvalue weighted by molar-refractivity contribution is 6.30. The van der Waals surface area contributed by atoms with Crippen LogP contribution < -0.4 is 4.90 Å². The zero-order valence-electron chi connectivity index (χ0n) is 11.0. The molecule has 3 nitrogen and oxygen atoms in total. The van der Waals surface area contributed by atoms with Crippen LogP contribution >= 0.6 is 11.6 Å². The van der Waals surface area contributed by atoms with Crippen LogP contribution in [0.4, 0.5) is 5.82 Å². The molecule has 4 heteroatoms. The van der Waals surface area contributed by atoms with E-state index in [-0.39, 0.29) is 0 Å². The van der Waals surface area contributed by atoms with Crippen molar-refractivity contribution in [1.82, 2.24) is 4.98 Å². The molecule has 0 unspecified atom stereocenters. The van der Waals surface area contributed by atoms with E-state index in [1.54, 1.807) is 0 Å². The second kappa shape index (κ2) is 5.58. The van der Waals surface area contributed by atoms with Gasteiger partial charge in [0.25, 0.3) is 0 Å². The summed E-state index contributed by atoms with van der Waals surface area (Å²) in [7, 11) is 0. The van der Waals surface area contributed by atoms with Crippen LogP contribution in [0, 0.1) is 18.3 Å². The minimum absolute atomic E-state index is 0.348. The van der Waals surface area contributed by atoms with Gasteiger partial charge in [-0.25, -0.2) is 4.98 Å². The minimum atomic E-state index is 0.348. The number of nitrogens with zero attached hydrogens (tertiary/aromatic N) is 3. The highest BCUT2D eigenvalue weighted by atomic mass is 35.5. The lowest BCUT2D eigenvalue weighted by Crippen LogP contribution is -2.31. The maximum absolute atomic E-state index is 9.17. The van der Waals surface area contributed by atoms with Crippen LogP contribution in [0.25, 0.3) is 0 Å². The molecule has 0 aromatic carbocycles. The molecular formula is C14H18ClN3. The number of rotatable bonds is 2. The zero-order chi connectivity index (χ0) is 13.1. The van der Waals surface area contributed by atoms with Crippen LogP contribution in [0.3, 0.4) is 0 Å². The summed E-state index contributed by atoms with van der Waals surface area (Å²) < 4.78 is 0. The molecule has 2 heterocycles. The molecule has 0 atom stereocenters. The third kappa shape index (κ3) is 2.30. The van der Waals surface area contributed by atoms with Crippen molar-refractivity contribution in [2.75, 3.05) is 18.0 Å². The number of halogens is 1. The van der Waals surface area contributed by atoms with Crippen LogP contribution in [0.5, 0.6) is 0 Å². The van der Waals surface area contributed by atoms with Gasteiger partial charge in [-0.05, 0) is 43.7 Å². The van der Waals surface area contributed by atoms with Gasteiger partial charge in [0.05, 0.1) is 5.56 Å². The summed E-state index contributed by atoms with van der Waals surface area (Å²) in [6, 6.07) is 2.17. The van der Waals surface area contributed by atoms with Gasteiger partial charge < -0.3 is 4.90 Å². The predicted molar refractivity (Wildman–Crippen MR) is 74.1 cm³/mol. The second-order valence-electron chi connectivity index (χ2n) is 4.72. The topological polar surface area (TPSA) is 39.9 Å². The molecule has 0 radical (unpaired) electrons. The summed E-state index contributed by atoms with van der Waals surface area (Å²) in [5, 5.41) is 9.52. The summed E-state index contributed by atoms with van der Waals surface area (Å²) in [4.78, 5) is 6.74. The first-order valence-electron chi connectivity index (χ1n) is 6.53. The van der Waals surface area contributed by atoms with Crippen LogP contribution in [0.2, 0.25) is 5.15 Å². The average molecular weight is 264 g/mol. The third-order valence-corrected chi connectivity index (χ3v) is 3.89. The van der Waals surface area contributed by atoms with Crippen molar-refractivity contribution in [1.29, 1.82) is 5.26 Å². The van der Waals surface area contributed by atoms with Crippen LogP contribution in [-0.2, 0) is 6.42 Å². The molecule has 1 aromatic heterocycles. The summed E-state index contributed by atoms with van der Waals surface area (Å²) in [5.41, 5.74) is 2.69. The van der Waals surface area contributed by atoms with E-state index < -0.39 is 0 Å². The summed E-state index contributed by atoms with van der Waals surface area (Å²) >= 11 is 6.14. The van der Waals surface area contributed by atoms with Crippen molar-refractivity contribution in [3.63, 3.8) is 0 Å². The van der Waals surface area contributed by atoms with E-state index >= 15 is 0 Å². The maximum atomic E-state index is 9.17. The van der Waals surface area contributed by atoms with Crippen LogP contribution in [-0.4, -0.2) is 18.1 Å². The lowest BCUT2D eigenvalue weighted by Gasteiger charge is -2.30. The maximum Gasteiger partial charge on any atom is 0.149 e. The Morgan fingerprint density at radius 2 is 2.00 bits per heavy atom. The van der Waals surface area contributed by atoms with Gasteiger partial charge in [-0.2, -0.15) is 5.26 Å². The first-order valence-corrected chi connectivity index (χ1v) is 6.90. The molecule has 0 bridgehead atoms. The molecule has 2 rings (SSSR count). The normalized spacial score (nSPS) is 15.6. The zero-order valence-corrected chi connectivity index (χ0v) is 11.7. The molecule has 1 aromatic rings. The summed E-state index contributed by atoms with van der Waals surface area (Å²) in [6.45, 7) is 6.19. The Balaban J connectivity index is 2.49. The highest BCUT2D eigenvalue weighted by Crippen LogP contribution is 2.30. The lowest BCUT2D eigenvalue weighted by atomic mass is 10.0. The Kier molecular flexibility index (Phi) is 4.08. The highest BCUT2D eigenvalue weighted by Gasteiger charge is 2.20. The molecule has 0 aliphatic carbocycles. The van der Waals surface area contributed by atoms with Crippen LogP contribution in [0.1, 0.15) is 42.9 Å². The molecule has 0 N–H and O–H groups in total. The monoisotopic (exact) mass is 263 g/mol. The number of anilines is 1. The summed E-state index contributed by atoms with van der Waals surface area (Å²) in [6.07, 6.45) is 4.53. The van der Waals surface area contributed by atoms with Gasteiger partial charge in [-0.1, -0.05) is 18.5 Å². The molecule has 1 fully saturated rings. The molecule has 1 aliphatic heterocycles.